The highest BCUT2D eigenvalue weighted by molar-refractivity contribution is 5.81. The minimum atomic E-state index is -2.44. The van der Waals surface area contributed by atoms with Gasteiger partial charge in [0, 0.05) is 36.5 Å². The average molecular weight is 395 g/mol. The molecule has 1 aromatic rings. The largest absolute Gasteiger partial charge is 0.367 e. The summed E-state index contributed by atoms with van der Waals surface area (Å²) in [4.78, 5) is 14.4. The van der Waals surface area contributed by atoms with Gasteiger partial charge < -0.3 is 10.2 Å². The maximum Gasteiger partial charge on any atom is 0.260 e. The van der Waals surface area contributed by atoms with Crippen LogP contribution in [0.5, 0.6) is 0 Å². The van der Waals surface area contributed by atoms with Crippen LogP contribution in [0.3, 0.4) is 0 Å². The normalized spacial score (nSPS) is 30.9. The van der Waals surface area contributed by atoms with Gasteiger partial charge in [-0.05, 0) is 37.5 Å². The third-order valence-electron chi connectivity index (χ3n) is 6.78. The van der Waals surface area contributed by atoms with Gasteiger partial charge >= 0.3 is 0 Å². The maximum atomic E-state index is 13.8. The van der Waals surface area contributed by atoms with E-state index in [1.54, 1.807) is 0 Å². The molecule has 0 radical (unpaired) electrons. The number of alkyl halides is 2. The molecule has 5 nitrogen and oxygen atoms in total. The monoisotopic (exact) mass is 394 g/mol. The van der Waals surface area contributed by atoms with Crippen molar-refractivity contribution in [3.8, 4) is 0 Å². The first-order chi connectivity index (χ1) is 13.1. The molecule has 0 spiro atoms. The Kier molecular flexibility index (Phi) is 4.91. The first kappa shape index (κ1) is 19.6. The molecule has 1 aromatic heterocycles. The Morgan fingerprint density at radius 3 is 2.43 bits per heavy atom. The third-order valence-corrected chi connectivity index (χ3v) is 6.78. The van der Waals surface area contributed by atoms with Gasteiger partial charge in [0.15, 0.2) is 0 Å². The lowest BCUT2D eigenvalue weighted by Crippen LogP contribution is -2.46. The number of hydrogen-bond acceptors (Lipinski definition) is 3. The number of aromatic nitrogens is 2. The standard InChI is InChI=1S/C21H32F2N4O/c1-12-9-14(12)20(28)26-7-5-13(6-8-26)15-10-16(19(22)23)27-18(24-15)11-17(25-27)21(2,3)4/h11-16,19,24H,5-10H2,1-4H3/t12-,14+,15-,16+/m0/s1. The van der Waals surface area contributed by atoms with E-state index in [4.69, 9.17) is 0 Å². The summed E-state index contributed by atoms with van der Waals surface area (Å²) in [5.74, 6) is 2.05. The Bertz CT molecular complexity index is 733. The maximum absolute atomic E-state index is 13.8. The number of piperidine rings is 1. The van der Waals surface area contributed by atoms with E-state index < -0.39 is 12.5 Å². The molecule has 156 valence electrons. The van der Waals surface area contributed by atoms with Gasteiger partial charge in [0.05, 0.1) is 5.69 Å². The van der Waals surface area contributed by atoms with Crippen molar-refractivity contribution in [2.75, 3.05) is 18.4 Å². The molecule has 1 saturated heterocycles. The van der Waals surface area contributed by atoms with Crippen LogP contribution in [0.25, 0.3) is 0 Å². The molecule has 1 saturated carbocycles. The van der Waals surface area contributed by atoms with E-state index in [9.17, 15) is 13.6 Å². The number of fused-ring (bicyclic) bond motifs is 1. The molecule has 0 bridgehead atoms. The first-order valence-corrected chi connectivity index (χ1v) is 10.6. The van der Waals surface area contributed by atoms with Gasteiger partial charge in [-0.2, -0.15) is 5.10 Å². The van der Waals surface area contributed by atoms with Crippen LogP contribution >= 0.6 is 0 Å². The highest BCUT2D eigenvalue weighted by Crippen LogP contribution is 2.41. The van der Waals surface area contributed by atoms with Crippen molar-refractivity contribution in [3.63, 3.8) is 0 Å². The van der Waals surface area contributed by atoms with Crippen LogP contribution in [-0.2, 0) is 10.2 Å². The Balaban J connectivity index is 1.45. The van der Waals surface area contributed by atoms with E-state index in [0.717, 1.165) is 38.0 Å². The lowest BCUT2D eigenvalue weighted by atomic mass is 9.84. The SMILES string of the molecule is C[C@H]1C[C@H]1C(=O)N1CCC([C@@H]2C[C@H](C(F)F)n3nc(C(C)(C)C)cc3N2)CC1. The number of carbonyl (C=O) groups is 1. The smallest absolute Gasteiger partial charge is 0.260 e. The molecule has 1 amide bonds. The number of hydrogen-bond donors (Lipinski definition) is 1. The van der Waals surface area contributed by atoms with E-state index in [0.29, 0.717) is 30.0 Å². The van der Waals surface area contributed by atoms with Gasteiger partial charge in [-0.15, -0.1) is 0 Å². The predicted octanol–water partition coefficient (Wildman–Crippen LogP) is 4.07. The van der Waals surface area contributed by atoms with Gasteiger partial charge in [0.1, 0.15) is 11.9 Å². The highest BCUT2D eigenvalue weighted by atomic mass is 19.3. The lowest BCUT2D eigenvalue weighted by Gasteiger charge is -2.40. The molecule has 3 aliphatic rings. The minimum absolute atomic E-state index is 0.00752. The number of halogens is 2. The van der Waals surface area contributed by atoms with Crippen LogP contribution in [0.2, 0.25) is 0 Å². The molecule has 1 N–H and O–H groups in total. The van der Waals surface area contributed by atoms with Crippen LogP contribution < -0.4 is 5.32 Å². The molecule has 28 heavy (non-hydrogen) atoms. The van der Waals surface area contributed by atoms with E-state index in [2.05, 4.69) is 17.3 Å². The van der Waals surface area contributed by atoms with Gasteiger partial charge in [0.2, 0.25) is 5.91 Å². The Morgan fingerprint density at radius 1 is 1.25 bits per heavy atom. The highest BCUT2D eigenvalue weighted by Gasteiger charge is 2.43. The molecule has 1 aliphatic carbocycles. The number of carbonyl (C=O) groups excluding carboxylic acids is 1. The van der Waals surface area contributed by atoms with Crippen molar-refractivity contribution in [1.82, 2.24) is 14.7 Å². The van der Waals surface area contributed by atoms with Crippen LogP contribution in [0, 0.1) is 17.8 Å². The summed E-state index contributed by atoms with van der Waals surface area (Å²) in [5, 5.41) is 7.99. The third kappa shape index (κ3) is 3.64. The van der Waals surface area contributed by atoms with E-state index in [1.165, 1.54) is 4.68 Å². The van der Waals surface area contributed by atoms with Gasteiger partial charge in [-0.3, -0.25) is 4.79 Å². The number of likely N-dealkylation sites (tertiary alicyclic amines) is 1. The number of amides is 1. The second-order valence-electron chi connectivity index (χ2n) is 9.98. The average Bonchev–Trinajstić information content (AvgIpc) is 3.20. The second-order valence-corrected chi connectivity index (χ2v) is 9.98. The predicted molar refractivity (Wildman–Crippen MR) is 105 cm³/mol. The number of nitrogens with one attached hydrogen (secondary N) is 1. The molecule has 4 rings (SSSR count). The summed E-state index contributed by atoms with van der Waals surface area (Å²) in [6.07, 6.45) is 0.712. The minimum Gasteiger partial charge on any atom is -0.367 e. The fourth-order valence-corrected chi connectivity index (χ4v) is 4.67. The molecule has 4 atom stereocenters. The second kappa shape index (κ2) is 6.99. The summed E-state index contributed by atoms with van der Waals surface area (Å²) in [6, 6.07) is 1.05. The Hall–Kier alpha value is -1.66. The zero-order valence-electron chi connectivity index (χ0n) is 17.3. The summed E-state index contributed by atoms with van der Waals surface area (Å²) in [6.45, 7) is 9.76. The quantitative estimate of drug-likeness (QED) is 0.841. The van der Waals surface area contributed by atoms with E-state index in [1.807, 2.05) is 31.7 Å². The van der Waals surface area contributed by atoms with Crippen LogP contribution in [0.15, 0.2) is 6.07 Å². The number of anilines is 1. The number of nitrogens with zero attached hydrogens (tertiary/aromatic N) is 3. The zero-order valence-corrected chi connectivity index (χ0v) is 17.3. The fourth-order valence-electron chi connectivity index (χ4n) is 4.67. The van der Waals surface area contributed by atoms with Crippen LogP contribution in [0.4, 0.5) is 14.6 Å². The molecule has 0 unspecified atom stereocenters. The first-order valence-electron chi connectivity index (χ1n) is 10.6. The number of rotatable bonds is 3. The van der Waals surface area contributed by atoms with Crippen molar-refractivity contribution in [1.29, 1.82) is 0 Å². The van der Waals surface area contributed by atoms with Crippen molar-refractivity contribution in [3.05, 3.63) is 11.8 Å². The van der Waals surface area contributed by atoms with Crippen molar-refractivity contribution in [2.24, 2.45) is 17.8 Å². The molecule has 3 heterocycles. The molecular formula is C21H32F2N4O. The summed E-state index contributed by atoms with van der Waals surface area (Å²) in [5.41, 5.74) is 0.653. The molecular weight excluding hydrogens is 362 g/mol. The van der Waals surface area contributed by atoms with Crippen LogP contribution in [0.1, 0.15) is 65.1 Å². The lowest BCUT2D eigenvalue weighted by molar-refractivity contribution is -0.134. The Morgan fingerprint density at radius 2 is 1.89 bits per heavy atom. The fraction of sp³-hybridized carbons (Fsp3) is 0.810. The van der Waals surface area contributed by atoms with Crippen molar-refractivity contribution in [2.45, 2.75) is 77.3 Å². The van der Waals surface area contributed by atoms with Crippen LogP contribution in [-0.4, -0.2) is 46.1 Å². The van der Waals surface area contributed by atoms with Gasteiger partial charge in [0.25, 0.3) is 6.43 Å². The van der Waals surface area contributed by atoms with E-state index in [-0.39, 0.29) is 17.4 Å². The summed E-state index contributed by atoms with van der Waals surface area (Å²) in [7, 11) is 0. The molecule has 2 aliphatic heterocycles. The Labute approximate surface area is 165 Å². The van der Waals surface area contributed by atoms with E-state index >= 15 is 0 Å². The summed E-state index contributed by atoms with van der Waals surface area (Å²) >= 11 is 0. The van der Waals surface area contributed by atoms with Gasteiger partial charge in [-0.25, -0.2) is 13.5 Å². The van der Waals surface area contributed by atoms with Gasteiger partial charge in [-0.1, -0.05) is 27.7 Å². The topological polar surface area (TPSA) is 50.2 Å². The van der Waals surface area contributed by atoms with Crippen molar-refractivity contribution < 1.29 is 13.6 Å². The molecule has 2 fully saturated rings. The molecule has 0 aromatic carbocycles. The summed E-state index contributed by atoms with van der Waals surface area (Å²) < 4.78 is 29.1. The van der Waals surface area contributed by atoms with Crippen molar-refractivity contribution >= 4 is 11.7 Å². The molecule has 7 heteroatoms. The zero-order chi connectivity index (χ0) is 20.2.